The molecule has 116 valence electrons. The molecule has 1 unspecified atom stereocenters. The van der Waals surface area contributed by atoms with Crippen molar-refractivity contribution in [3.63, 3.8) is 0 Å². The van der Waals surface area contributed by atoms with Crippen LogP contribution in [0.2, 0.25) is 0 Å². The highest BCUT2D eigenvalue weighted by Gasteiger charge is 2.49. The van der Waals surface area contributed by atoms with E-state index in [4.69, 9.17) is 10.00 Å². The molecule has 0 aromatic heterocycles. The van der Waals surface area contributed by atoms with Gasteiger partial charge in [0.05, 0.1) is 11.6 Å². The topological polar surface area (TPSA) is 73.6 Å². The quantitative estimate of drug-likeness (QED) is 0.856. The minimum Gasteiger partial charge on any atom is -0.485 e. The maximum atomic E-state index is 12.4. The molecular weight excluding hydrogens is 280 g/mol. The van der Waals surface area contributed by atoms with Gasteiger partial charge in [0, 0.05) is 31.0 Å². The zero-order valence-electron chi connectivity index (χ0n) is 13.0. The molecule has 3 atom stereocenters. The minimum absolute atomic E-state index is 0.0510. The maximum absolute atomic E-state index is 12.4. The molecule has 0 aliphatic carbocycles. The largest absolute Gasteiger partial charge is 0.485 e. The Bertz CT molecular complexity index is 662. The van der Waals surface area contributed by atoms with E-state index in [1.807, 2.05) is 13.8 Å². The van der Waals surface area contributed by atoms with Gasteiger partial charge in [-0.2, -0.15) is 5.26 Å². The highest BCUT2D eigenvalue weighted by Crippen LogP contribution is 2.47. The predicted molar refractivity (Wildman–Crippen MR) is 80.4 cm³/mol. The highest BCUT2D eigenvalue weighted by atomic mass is 16.5. The van der Waals surface area contributed by atoms with E-state index in [1.165, 1.54) is 0 Å². The Kier molecular flexibility index (Phi) is 3.37. The first-order chi connectivity index (χ1) is 10.3. The van der Waals surface area contributed by atoms with Crippen LogP contribution in [-0.4, -0.2) is 41.2 Å². The van der Waals surface area contributed by atoms with Gasteiger partial charge in [-0.05, 0) is 38.5 Å². The van der Waals surface area contributed by atoms with Gasteiger partial charge in [0.2, 0.25) is 5.91 Å². The van der Waals surface area contributed by atoms with Gasteiger partial charge in [-0.15, -0.1) is 0 Å². The van der Waals surface area contributed by atoms with Gasteiger partial charge in [-0.3, -0.25) is 4.79 Å². The Labute approximate surface area is 130 Å². The number of hydrogen-bond acceptors (Lipinski definition) is 4. The Morgan fingerprint density at radius 3 is 2.77 bits per heavy atom. The molecule has 2 aliphatic heterocycles. The van der Waals surface area contributed by atoms with Crippen molar-refractivity contribution < 1.29 is 14.6 Å². The summed E-state index contributed by atoms with van der Waals surface area (Å²) in [5.41, 5.74) is 0.505. The smallest absolute Gasteiger partial charge is 0.226 e. The van der Waals surface area contributed by atoms with Crippen LogP contribution in [0.25, 0.3) is 0 Å². The van der Waals surface area contributed by atoms with Gasteiger partial charge >= 0.3 is 0 Å². The van der Waals surface area contributed by atoms with E-state index >= 15 is 0 Å². The number of fused-ring (bicyclic) bond motifs is 1. The van der Waals surface area contributed by atoms with Crippen molar-refractivity contribution >= 4 is 5.91 Å². The van der Waals surface area contributed by atoms with Crippen molar-refractivity contribution in [2.75, 3.05) is 13.6 Å². The lowest BCUT2D eigenvalue weighted by Crippen LogP contribution is -2.51. The number of nitrogens with zero attached hydrogens (tertiary/aromatic N) is 2. The summed E-state index contributed by atoms with van der Waals surface area (Å²) >= 11 is 0. The lowest BCUT2D eigenvalue weighted by Gasteiger charge is -2.43. The van der Waals surface area contributed by atoms with Gasteiger partial charge < -0.3 is 14.7 Å². The number of benzene rings is 1. The van der Waals surface area contributed by atoms with Crippen molar-refractivity contribution in [1.82, 2.24) is 4.90 Å². The molecule has 2 aliphatic rings. The number of hydrogen-bond donors (Lipinski definition) is 1. The second-order valence-electron chi connectivity index (χ2n) is 6.70. The molecule has 1 aromatic carbocycles. The van der Waals surface area contributed by atoms with E-state index in [0.717, 1.165) is 5.56 Å². The number of nitriles is 1. The van der Waals surface area contributed by atoms with Gasteiger partial charge in [0.1, 0.15) is 17.5 Å². The summed E-state index contributed by atoms with van der Waals surface area (Å²) < 4.78 is 5.90. The van der Waals surface area contributed by atoms with E-state index in [2.05, 4.69) is 6.07 Å². The molecule has 5 heteroatoms. The summed E-state index contributed by atoms with van der Waals surface area (Å²) in [4.78, 5) is 14.1. The normalized spacial score (nSPS) is 29.7. The Hall–Kier alpha value is -2.06. The van der Waals surface area contributed by atoms with Crippen LogP contribution in [0.3, 0.4) is 0 Å². The SMILES string of the molecule is CN1CCC([C@H]2c3cc(C#N)ccc3OC(C)(C)[C@@H]2O)C1=O. The Morgan fingerprint density at radius 2 is 2.18 bits per heavy atom. The lowest BCUT2D eigenvalue weighted by molar-refractivity contribution is -0.134. The fourth-order valence-electron chi connectivity index (χ4n) is 3.54. The first-order valence-corrected chi connectivity index (χ1v) is 7.51. The van der Waals surface area contributed by atoms with Gasteiger partial charge in [0.15, 0.2) is 0 Å². The van der Waals surface area contributed by atoms with Gasteiger partial charge in [-0.25, -0.2) is 0 Å². The van der Waals surface area contributed by atoms with Crippen LogP contribution in [0.1, 0.15) is 37.3 Å². The average Bonchev–Trinajstić information content (AvgIpc) is 2.80. The molecule has 22 heavy (non-hydrogen) atoms. The third kappa shape index (κ3) is 2.15. The van der Waals surface area contributed by atoms with Crippen molar-refractivity contribution in [3.05, 3.63) is 29.3 Å². The van der Waals surface area contributed by atoms with Crippen molar-refractivity contribution in [3.8, 4) is 11.8 Å². The van der Waals surface area contributed by atoms with Crippen LogP contribution in [0.5, 0.6) is 5.75 Å². The molecule has 1 amide bonds. The first kappa shape index (κ1) is 14.9. The van der Waals surface area contributed by atoms with Crippen LogP contribution >= 0.6 is 0 Å². The molecule has 3 rings (SSSR count). The van der Waals surface area contributed by atoms with Crippen LogP contribution in [0.15, 0.2) is 18.2 Å². The molecule has 0 spiro atoms. The summed E-state index contributed by atoms with van der Waals surface area (Å²) in [7, 11) is 1.78. The van der Waals surface area contributed by atoms with Gasteiger partial charge in [-0.1, -0.05) is 0 Å². The second-order valence-corrected chi connectivity index (χ2v) is 6.70. The molecule has 1 saturated heterocycles. The molecule has 1 aromatic rings. The zero-order chi connectivity index (χ0) is 16.1. The predicted octanol–water partition coefficient (Wildman–Crippen LogP) is 1.65. The van der Waals surface area contributed by atoms with Crippen molar-refractivity contribution in [1.29, 1.82) is 5.26 Å². The fourth-order valence-corrected chi connectivity index (χ4v) is 3.54. The number of likely N-dealkylation sites (tertiary alicyclic amines) is 1. The zero-order valence-corrected chi connectivity index (χ0v) is 13.0. The minimum atomic E-state index is -0.797. The number of carbonyl (C=O) groups is 1. The van der Waals surface area contributed by atoms with E-state index in [1.54, 1.807) is 30.1 Å². The second kappa shape index (κ2) is 4.99. The molecule has 1 N–H and O–H groups in total. The van der Waals surface area contributed by atoms with E-state index < -0.39 is 11.7 Å². The third-order valence-electron chi connectivity index (χ3n) is 4.83. The summed E-state index contributed by atoms with van der Waals surface area (Å²) in [6, 6.07) is 7.31. The average molecular weight is 300 g/mol. The number of carbonyl (C=O) groups excluding carboxylic acids is 1. The van der Waals surface area contributed by atoms with Crippen LogP contribution in [0.4, 0.5) is 0 Å². The highest BCUT2D eigenvalue weighted by molar-refractivity contribution is 5.82. The first-order valence-electron chi connectivity index (χ1n) is 7.51. The maximum Gasteiger partial charge on any atom is 0.226 e. The van der Waals surface area contributed by atoms with Crippen molar-refractivity contribution in [2.45, 2.75) is 37.9 Å². The van der Waals surface area contributed by atoms with Crippen LogP contribution in [0, 0.1) is 17.2 Å². The molecular formula is C17H20N2O3. The van der Waals surface area contributed by atoms with E-state index in [0.29, 0.717) is 24.3 Å². The molecule has 5 nitrogen and oxygen atoms in total. The summed E-state index contributed by atoms with van der Waals surface area (Å²) in [5.74, 6) is 0.0945. The van der Waals surface area contributed by atoms with Crippen LogP contribution < -0.4 is 4.74 Å². The van der Waals surface area contributed by atoms with Crippen molar-refractivity contribution in [2.24, 2.45) is 5.92 Å². The fraction of sp³-hybridized carbons (Fsp3) is 0.529. The standard InChI is InChI=1S/C17H20N2O3/c1-17(2)15(20)14(11-6-7-19(3)16(11)21)12-8-10(9-18)4-5-13(12)22-17/h4-5,8,11,14-15,20H,6-7H2,1-3H3/t11?,14-,15+/m0/s1. The molecule has 0 saturated carbocycles. The monoisotopic (exact) mass is 300 g/mol. The number of ether oxygens (including phenoxy) is 1. The summed E-state index contributed by atoms with van der Waals surface area (Å²) in [5, 5.41) is 19.9. The molecule has 1 fully saturated rings. The number of aliphatic hydroxyl groups excluding tert-OH is 1. The lowest BCUT2D eigenvalue weighted by atomic mass is 9.73. The number of aliphatic hydroxyl groups is 1. The molecule has 0 radical (unpaired) electrons. The molecule has 2 heterocycles. The van der Waals surface area contributed by atoms with E-state index in [9.17, 15) is 9.90 Å². The Morgan fingerprint density at radius 1 is 1.45 bits per heavy atom. The number of amides is 1. The van der Waals surface area contributed by atoms with E-state index in [-0.39, 0.29) is 17.7 Å². The van der Waals surface area contributed by atoms with Gasteiger partial charge in [0.25, 0.3) is 0 Å². The number of rotatable bonds is 1. The summed E-state index contributed by atoms with van der Waals surface area (Å²) in [6.45, 7) is 4.35. The Balaban J connectivity index is 2.11. The van der Waals surface area contributed by atoms with Crippen LogP contribution in [-0.2, 0) is 4.79 Å². The third-order valence-corrected chi connectivity index (χ3v) is 4.83. The summed E-state index contributed by atoms with van der Waals surface area (Å²) in [6.07, 6.45) is -0.0852. The molecule has 0 bridgehead atoms.